The molecular formula is C15H16O5S. The average molecular weight is 308 g/mol. The van der Waals surface area contributed by atoms with Gasteiger partial charge in [-0.1, -0.05) is 44.2 Å². The molecule has 0 unspecified atom stereocenters. The molecule has 0 atom stereocenters. The number of benzene rings is 2. The summed E-state index contributed by atoms with van der Waals surface area (Å²) in [5.74, 6) is -0.913. The number of hydrogen-bond donors (Lipinski definition) is 3. The van der Waals surface area contributed by atoms with Crippen LogP contribution < -0.4 is 0 Å². The summed E-state index contributed by atoms with van der Waals surface area (Å²) in [6.45, 7) is 3.56. The maximum atomic E-state index is 11.3. The topological polar surface area (TPSA) is 94.8 Å². The first-order valence-corrected chi connectivity index (χ1v) is 7.67. The number of phenolic OH excluding ortho intramolecular Hbond substituents is 2. The van der Waals surface area contributed by atoms with Crippen molar-refractivity contribution in [3.63, 3.8) is 0 Å². The second-order valence-corrected chi connectivity index (χ2v) is 6.70. The molecule has 21 heavy (non-hydrogen) atoms. The van der Waals surface area contributed by atoms with Crippen molar-refractivity contribution in [2.75, 3.05) is 0 Å². The predicted molar refractivity (Wildman–Crippen MR) is 78.2 cm³/mol. The fourth-order valence-electron chi connectivity index (χ4n) is 2.28. The van der Waals surface area contributed by atoms with Gasteiger partial charge in [-0.3, -0.25) is 4.55 Å². The van der Waals surface area contributed by atoms with Crippen molar-refractivity contribution >= 4 is 10.1 Å². The second-order valence-electron chi connectivity index (χ2n) is 5.31. The molecule has 0 amide bonds. The summed E-state index contributed by atoms with van der Waals surface area (Å²) in [4.78, 5) is -0.707. The molecule has 112 valence electrons. The summed E-state index contributed by atoms with van der Waals surface area (Å²) in [6.07, 6.45) is 0. The molecule has 0 fully saturated rings. The lowest BCUT2D eigenvalue weighted by molar-refractivity contribution is 0.417. The molecule has 0 saturated heterocycles. The molecule has 0 aliphatic heterocycles. The van der Waals surface area contributed by atoms with Gasteiger partial charge in [0, 0.05) is 17.0 Å². The summed E-state index contributed by atoms with van der Waals surface area (Å²) < 4.78 is 31.8. The molecule has 0 spiro atoms. The van der Waals surface area contributed by atoms with Gasteiger partial charge in [-0.2, -0.15) is 8.42 Å². The van der Waals surface area contributed by atoms with Gasteiger partial charge < -0.3 is 10.2 Å². The highest BCUT2D eigenvalue weighted by Crippen LogP contribution is 2.41. The number of rotatable bonds is 3. The maximum absolute atomic E-state index is 11.3. The summed E-state index contributed by atoms with van der Waals surface area (Å²) in [5, 5.41) is 19.9. The van der Waals surface area contributed by atoms with Crippen LogP contribution in [0.15, 0.2) is 47.4 Å². The van der Waals surface area contributed by atoms with Crippen LogP contribution in [0.5, 0.6) is 11.5 Å². The number of aromatic hydroxyl groups is 2. The van der Waals surface area contributed by atoms with Gasteiger partial charge in [0.15, 0.2) is 0 Å². The number of hydrogen-bond acceptors (Lipinski definition) is 4. The Labute approximate surface area is 123 Å². The minimum Gasteiger partial charge on any atom is -0.508 e. The van der Waals surface area contributed by atoms with Crippen molar-refractivity contribution in [2.24, 2.45) is 0 Å². The molecule has 0 aliphatic rings. The Hall–Kier alpha value is -2.05. The van der Waals surface area contributed by atoms with Crippen LogP contribution in [0, 0.1) is 0 Å². The lowest BCUT2D eigenvalue weighted by Crippen LogP contribution is -2.19. The highest BCUT2D eigenvalue weighted by Gasteiger charge is 2.30. The third-order valence-electron chi connectivity index (χ3n) is 3.51. The standard InChI is InChI=1S/C15H16O5S/c1-15(2,10-6-4-3-5-7-10)12-8-11(16)9-13(14(12)17)21(18,19)20/h3-9,16-17H,1-2H3,(H,18,19,20). The largest absolute Gasteiger partial charge is 0.508 e. The molecule has 0 heterocycles. The van der Waals surface area contributed by atoms with E-state index in [4.69, 9.17) is 4.55 Å². The zero-order valence-electron chi connectivity index (χ0n) is 11.6. The summed E-state index contributed by atoms with van der Waals surface area (Å²) in [6, 6.07) is 11.2. The minimum absolute atomic E-state index is 0.210. The highest BCUT2D eigenvalue weighted by atomic mass is 32.2. The van der Waals surface area contributed by atoms with Crippen LogP contribution in [0.25, 0.3) is 0 Å². The van der Waals surface area contributed by atoms with Crippen LogP contribution in [0.3, 0.4) is 0 Å². The van der Waals surface area contributed by atoms with Crippen molar-refractivity contribution in [3.8, 4) is 11.5 Å². The number of phenols is 2. The van der Waals surface area contributed by atoms with Crippen molar-refractivity contribution in [2.45, 2.75) is 24.2 Å². The van der Waals surface area contributed by atoms with Gasteiger partial charge in [-0.05, 0) is 11.6 Å². The van der Waals surface area contributed by atoms with E-state index in [1.54, 1.807) is 13.8 Å². The van der Waals surface area contributed by atoms with E-state index in [2.05, 4.69) is 0 Å². The van der Waals surface area contributed by atoms with Crippen LogP contribution >= 0.6 is 0 Å². The van der Waals surface area contributed by atoms with Crippen molar-refractivity contribution < 1.29 is 23.2 Å². The van der Waals surface area contributed by atoms with E-state index in [1.807, 2.05) is 30.3 Å². The molecule has 6 heteroatoms. The molecule has 5 nitrogen and oxygen atoms in total. The Morgan fingerprint density at radius 3 is 2.10 bits per heavy atom. The summed E-state index contributed by atoms with van der Waals surface area (Å²) >= 11 is 0. The third kappa shape index (κ3) is 2.86. The Balaban J connectivity index is 2.73. The zero-order valence-corrected chi connectivity index (χ0v) is 12.4. The lowest BCUT2D eigenvalue weighted by Gasteiger charge is -2.27. The normalized spacial score (nSPS) is 12.3. The lowest BCUT2D eigenvalue weighted by atomic mass is 9.77. The van der Waals surface area contributed by atoms with Crippen LogP contribution in [-0.4, -0.2) is 23.2 Å². The van der Waals surface area contributed by atoms with Crippen molar-refractivity contribution in [3.05, 3.63) is 53.6 Å². The fourth-order valence-corrected chi connectivity index (χ4v) is 2.90. The van der Waals surface area contributed by atoms with Crippen LogP contribution in [0.1, 0.15) is 25.0 Å². The minimum atomic E-state index is -4.63. The van der Waals surface area contributed by atoms with E-state index in [1.165, 1.54) is 6.07 Å². The molecular weight excluding hydrogens is 292 g/mol. The molecule has 3 N–H and O–H groups in total. The Morgan fingerprint density at radius 1 is 1.00 bits per heavy atom. The Morgan fingerprint density at radius 2 is 1.57 bits per heavy atom. The van der Waals surface area contributed by atoms with Gasteiger partial charge in [0.1, 0.15) is 16.4 Å². The first kappa shape index (κ1) is 15.3. The monoisotopic (exact) mass is 308 g/mol. The maximum Gasteiger partial charge on any atom is 0.298 e. The van der Waals surface area contributed by atoms with Gasteiger partial charge in [0.05, 0.1) is 0 Å². The molecule has 0 aliphatic carbocycles. The van der Waals surface area contributed by atoms with E-state index < -0.39 is 26.2 Å². The SMILES string of the molecule is CC(C)(c1ccccc1)c1cc(O)cc(S(=O)(=O)O)c1O. The Kier molecular flexibility index (Phi) is 3.69. The van der Waals surface area contributed by atoms with Crippen molar-refractivity contribution in [1.82, 2.24) is 0 Å². The molecule has 2 aromatic carbocycles. The second kappa shape index (κ2) is 5.05. The predicted octanol–water partition coefficient (Wildman–Crippen LogP) is 2.67. The zero-order chi connectivity index (χ0) is 15.8. The molecule has 0 saturated carbocycles. The van der Waals surface area contributed by atoms with E-state index >= 15 is 0 Å². The van der Waals surface area contributed by atoms with E-state index in [-0.39, 0.29) is 11.3 Å². The highest BCUT2D eigenvalue weighted by molar-refractivity contribution is 7.86. The smallest absolute Gasteiger partial charge is 0.298 e. The van der Waals surface area contributed by atoms with Gasteiger partial charge in [0.2, 0.25) is 0 Å². The quantitative estimate of drug-likeness (QED) is 0.598. The molecule has 2 rings (SSSR count). The Bertz CT molecular complexity index is 764. The van der Waals surface area contributed by atoms with Crippen molar-refractivity contribution in [1.29, 1.82) is 0 Å². The summed E-state index contributed by atoms with van der Waals surface area (Å²) in [5.41, 5.74) is 0.275. The van der Waals surface area contributed by atoms with Gasteiger partial charge >= 0.3 is 0 Å². The summed E-state index contributed by atoms with van der Waals surface area (Å²) in [7, 11) is -4.63. The fraction of sp³-hybridized carbons (Fsp3) is 0.200. The van der Waals surface area contributed by atoms with Crippen LogP contribution in [-0.2, 0) is 15.5 Å². The molecule has 0 bridgehead atoms. The van der Waals surface area contributed by atoms with E-state index in [0.29, 0.717) is 0 Å². The molecule has 0 radical (unpaired) electrons. The van der Waals surface area contributed by atoms with Gasteiger partial charge in [-0.25, -0.2) is 0 Å². The van der Waals surface area contributed by atoms with Crippen LogP contribution in [0.2, 0.25) is 0 Å². The van der Waals surface area contributed by atoms with E-state index in [9.17, 15) is 18.6 Å². The van der Waals surface area contributed by atoms with Gasteiger partial charge in [0.25, 0.3) is 10.1 Å². The first-order valence-electron chi connectivity index (χ1n) is 6.23. The van der Waals surface area contributed by atoms with Gasteiger partial charge in [-0.15, -0.1) is 0 Å². The average Bonchev–Trinajstić information content (AvgIpc) is 2.40. The first-order chi connectivity index (χ1) is 9.64. The van der Waals surface area contributed by atoms with E-state index in [0.717, 1.165) is 11.6 Å². The van der Waals surface area contributed by atoms with Crippen LogP contribution in [0.4, 0.5) is 0 Å². The third-order valence-corrected chi connectivity index (χ3v) is 4.37. The molecule has 0 aromatic heterocycles. The molecule has 2 aromatic rings.